The molecule has 2 heteroatoms. The highest BCUT2D eigenvalue weighted by molar-refractivity contribution is 5.47. The predicted octanol–water partition coefficient (Wildman–Crippen LogP) is 2.84. The van der Waals surface area contributed by atoms with E-state index < -0.39 is 0 Å². The smallest absolute Gasteiger partial charge is 0.0955 e. The first-order valence-electron chi connectivity index (χ1n) is 4.68. The highest BCUT2D eigenvalue weighted by atomic mass is 15.1. The van der Waals surface area contributed by atoms with Gasteiger partial charge in [-0.3, -0.25) is 0 Å². The van der Waals surface area contributed by atoms with Gasteiger partial charge in [-0.15, -0.1) is 0 Å². The lowest BCUT2D eigenvalue weighted by Crippen LogP contribution is -2.18. The van der Waals surface area contributed by atoms with Crippen LogP contribution in [0.3, 0.4) is 0 Å². The summed E-state index contributed by atoms with van der Waals surface area (Å²) < 4.78 is 2.18. The van der Waals surface area contributed by atoms with Gasteiger partial charge in [0, 0.05) is 17.7 Å². The molecule has 72 valence electrons. The molecule has 0 aliphatic carbocycles. The van der Waals surface area contributed by atoms with Crippen LogP contribution < -0.4 is 0 Å². The largest absolute Gasteiger partial charge is 0.334 e. The molecule has 13 heavy (non-hydrogen) atoms. The van der Waals surface area contributed by atoms with Crippen molar-refractivity contribution in [2.75, 3.05) is 0 Å². The van der Waals surface area contributed by atoms with Crippen LogP contribution in [0.2, 0.25) is 0 Å². The average molecular weight is 178 g/mol. The summed E-state index contributed by atoms with van der Waals surface area (Å²) in [6.45, 7) is 13.5. The van der Waals surface area contributed by atoms with Gasteiger partial charge in [-0.25, -0.2) is 4.98 Å². The maximum atomic E-state index is 4.32. The third-order valence-electron chi connectivity index (χ3n) is 2.11. The van der Waals surface area contributed by atoms with E-state index >= 15 is 0 Å². The maximum absolute atomic E-state index is 4.32. The fourth-order valence-electron chi connectivity index (χ4n) is 1.60. The van der Waals surface area contributed by atoms with Crippen molar-refractivity contribution < 1.29 is 0 Å². The van der Waals surface area contributed by atoms with Crippen molar-refractivity contribution >= 4 is 6.08 Å². The van der Waals surface area contributed by atoms with E-state index in [-0.39, 0.29) is 5.41 Å². The van der Waals surface area contributed by atoms with Gasteiger partial charge in [0.25, 0.3) is 0 Å². The minimum atomic E-state index is 0.135. The lowest BCUT2D eigenvalue weighted by Gasteiger charge is -2.21. The first-order valence-corrected chi connectivity index (χ1v) is 4.68. The molecule has 1 heterocycles. The Morgan fingerprint density at radius 1 is 1.54 bits per heavy atom. The molecule has 0 fully saturated rings. The fourth-order valence-corrected chi connectivity index (χ4v) is 1.60. The van der Waals surface area contributed by atoms with Crippen molar-refractivity contribution in [2.45, 2.75) is 39.7 Å². The van der Waals surface area contributed by atoms with E-state index in [1.165, 1.54) is 5.69 Å². The summed E-state index contributed by atoms with van der Waals surface area (Å²) in [7, 11) is 0. The molecule has 0 amide bonds. The Morgan fingerprint density at radius 2 is 2.15 bits per heavy atom. The number of imidazole rings is 1. The zero-order chi connectivity index (χ0) is 10.1. The highest BCUT2D eigenvalue weighted by Crippen LogP contribution is 2.25. The van der Waals surface area contributed by atoms with Gasteiger partial charge in [-0.05, 0) is 13.0 Å². The van der Waals surface area contributed by atoms with Crippen molar-refractivity contribution in [1.29, 1.82) is 0 Å². The molecule has 0 aromatic carbocycles. The molecule has 0 spiro atoms. The molecule has 0 aliphatic heterocycles. The Kier molecular flexibility index (Phi) is 2.60. The molecule has 0 unspecified atom stereocenters. The summed E-state index contributed by atoms with van der Waals surface area (Å²) in [5.41, 5.74) is 2.41. The number of nitrogens with zero attached hydrogens (tertiary/aromatic N) is 2. The van der Waals surface area contributed by atoms with Crippen molar-refractivity contribution in [3.8, 4) is 0 Å². The molecule has 2 nitrogen and oxygen atoms in total. The van der Waals surface area contributed by atoms with E-state index in [1.807, 2.05) is 12.4 Å². The van der Waals surface area contributed by atoms with Gasteiger partial charge in [-0.2, -0.15) is 0 Å². The second kappa shape index (κ2) is 3.36. The summed E-state index contributed by atoms with van der Waals surface area (Å²) >= 11 is 0. The molecule has 0 radical (unpaired) electrons. The summed E-state index contributed by atoms with van der Waals surface area (Å²) in [6.07, 6.45) is 3.71. The first kappa shape index (κ1) is 10.0. The number of aryl methyl sites for hydroxylation is 1. The van der Waals surface area contributed by atoms with Crippen LogP contribution in [-0.2, 0) is 12.0 Å². The molecule has 1 aromatic heterocycles. The lowest BCUT2D eigenvalue weighted by atomic mass is 9.90. The predicted molar refractivity (Wildman–Crippen MR) is 56.7 cm³/mol. The van der Waals surface area contributed by atoms with Gasteiger partial charge in [0.2, 0.25) is 0 Å². The van der Waals surface area contributed by atoms with E-state index in [0.717, 1.165) is 12.2 Å². The third-order valence-corrected chi connectivity index (χ3v) is 2.11. The fraction of sp³-hybridized carbons (Fsp3) is 0.545. The van der Waals surface area contributed by atoms with Crippen LogP contribution in [-0.4, -0.2) is 9.55 Å². The molecule has 1 aromatic rings. The summed E-state index contributed by atoms with van der Waals surface area (Å²) in [5.74, 6) is 0. The third kappa shape index (κ3) is 1.82. The highest BCUT2D eigenvalue weighted by Gasteiger charge is 2.21. The normalized spacial score (nSPS) is 11.7. The van der Waals surface area contributed by atoms with E-state index in [0.29, 0.717) is 0 Å². The zero-order valence-electron chi connectivity index (χ0n) is 8.96. The van der Waals surface area contributed by atoms with Crippen LogP contribution >= 0.6 is 0 Å². The summed E-state index contributed by atoms with van der Waals surface area (Å²) in [6, 6.07) is 0. The van der Waals surface area contributed by atoms with Gasteiger partial charge in [0.1, 0.15) is 0 Å². The number of hydrogen-bond acceptors (Lipinski definition) is 1. The SMILES string of the molecule is C=Cc1ncn(CC)c1C(C)(C)C. The Bertz CT molecular complexity index is 302. The second-order valence-electron chi connectivity index (χ2n) is 4.22. The lowest BCUT2D eigenvalue weighted by molar-refractivity contribution is 0.525. The van der Waals surface area contributed by atoms with Crippen LogP contribution in [0.4, 0.5) is 0 Å². The van der Waals surface area contributed by atoms with Crippen LogP contribution in [0.25, 0.3) is 6.08 Å². The topological polar surface area (TPSA) is 17.8 Å². The van der Waals surface area contributed by atoms with Gasteiger partial charge < -0.3 is 4.57 Å². The van der Waals surface area contributed by atoms with Crippen LogP contribution in [0.1, 0.15) is 39.1 Å². The van der Waals surface area contributed by atoms with Crippen molar-refractivity contribution in [2.24, 2.45) is 0 Å². The van der Waals surface area contributed by atoms with Gasteiger partial charge in [-0.1, -0.05) is 27.4 Å². The number of rotatable bonds is 2. The molecule has 0 aliphatic rings. The van der Waals surface area contributed by atoms with Crippen LogP contribution in [0.15, 0.2) is 12.9 Å². The van der Waals surface area contributed by atoms with Crippen molar-refractivity contribution in [1.82, 2.24) is 9.55 Å². The van der Waals surface area contributed by atoms with Gasteiger partial charge in [0.05, 0.1) is 12.0 Å². The Morgan fingerprint density at radius 3 is 2.54 bits per heavy atom. The quantitative estimate of drug-likeness (QED) is 0.681. The molecular formula is C11H18N2. The summed E-state index contributed by atoms with van der Waals surface area (Å²) in [5, 5.41) is 0. The standard InChI is InChI=1S/C11H18N2/c1-6-9-10(11(3,4)5)13(7-2)8-12-9/h6,8H,1,7H2,2-5H3. The molecule has 0 N–H and O–H groups in total. The number of hydrogen-bond donors (Lipinski definition) is 0. The van der Waals surface area contributed by atoms with Gasteiger partial charge >= 0.3 is 0 Å². The van der Waals surface area contributed by atoms with Crippen LogP contribution in [0.5, 0.6) is 0 Å². The van der Waals surface area contributed by atoms with Gasteiger partial charge in [0.15, 0.2) is 0 Å². The molecular weight excluding hydrogens is 160 g/mol. The molecule has 0 bridgehead atoms. The van der Waals surface area contributed by atoms with E-state index in [1.54, 1.807) is 0 Å². The monoisotopic (exact) mass is 178 g/mol. The van der Waals surface area contributed by atoms with E-state index in [4.69, 9.17) is 0 Å². The summed E-state index contributed by atoms with van der Waals surface area (Å²) in [4.78, 5) is 4.32. The maximum Gasteiger partial charge on any atom is 0.0955 e. The molecule has 1 rings (SSSR count). The Balaban J connectivity index is 3.28. The van der Waals surface area contributed by atoms with E-state index in [2.05, 4.69) is 43.8 Å². The number of aromatic nitrogens is 2. The average Bonchev–Trinajstić information content (AvgIpc) is 2.45. The molecule has 0 saturated carbocycles. The Hall–Kier alpha value is -1.05. The van der Waals surface area contributed by atoms with Crippen molar-refractivity contribution in [3.63, 3.8) is 0 Å². The first-order chi connectivity index (χ1) is 6.00. The Labute approximate surface area is 80.3 Å². The van der Waals surface area contributed by atoms with E-state index in [9.17, 15) is 0 Å². The minimum absolute atomic E-state index is 0.135. The zero-order valence-corrected chi connectivity index (χ0v) is 8.96. The van der Waals surface area contributed by atoms with Crippen LogP contribution in [0, 0.1) is 0 Å². The molecule has 0 atom stereocenters. The second-order valence-corrected chi connectivity index (χ2v) is 4.22. The van der Waals surface area contributed by atoms with Crippen molar-refractivity contribution in [3.05, 3.63) is 24.3 Å². The minimum Gasteiger partial charge on any atom is -0.334 e. The molecule has 0 saturated heterocycles.